The van der Waals surface area contributed by atoms with Crippen LogP contribution < -0.4 is 25.6 Å². The number of benzene rings is 2. The van der Waals surface area contributed by atoms with Gasteiger partial charge < -0.3 is 9.47 Å². The Morgan fingerprint density at radius 2 is 1.71 bits per heavy atom. The fourth-order valence-electron chi connectivity index (χ4n) is 2.55. The summed E-state index contributed by atoms with van der Waals surface area (Å²) in [5, 5.41) is 2.46. The highest BCUT2D eigenvalue weighted by molar-refractivity contribution is 9.10. The van der Waals surface area contributed by atoms with Crippen LogP contribution in [0.1, 0.15) is 35.3 Å². The molecule has 0 fully saturated rings. The third kappa shape index (κ3) is 8.55. The minimum absolute atomic E-state index is 0.0407. The second-order valence-electron chi connectivity index (χ2n) is 7.42. The summed E-state index contributed by atoms with van der Waals surface area (Å²) in [5.74, 6) is 0.788. The van der Waals surface area contributed by atoms with Crippen molar-refractivity contribution in [3.8, 4) is 11.5 Å². The zero-order valence-corrected chi connectivity index (χ0v) is 20.3. The van der Waals surface area contributed by atoms with E-state index >= 15 is 0 Å². The second-order valence-corrected chi connectivity index (χ2v) is 8.68. The number of hydrogen-bond donors (Lipinski definition) is 3. The Labute approximate surface area is 196 Å². The predicted molar refractivity (Wildman–Crippen MR) is 127 cm³/mol. The zero-order chi connectivity index (χ0) is 23.0. The van der Waals surface area contributed by atoms with Gasteiger partial charge in [0.25, 0.3) is 11.8 Å². The van der Waals surface area contributed by atoms with Crippen LogP contribution in [0.5, 0.6) is 11.5 Å². The molecule has 166 valence electrons. The minimum atomic E-state index is -0.440. The summed E-state index contributed by atoms with van der Waals surface area (Å²) in [7, 11) is 0. The summed E-state index contributed by atoms with van der Waals surface area (Å²) in [5.41, 5.74) is 7.35. The van der Waals surface area contributed by atoms with Gasteiger partial charge in [0.05, 0.1) is 11.1 Å². The largest absolute Gasteiger partial charge is 0.492 e. The third-order valence-corrected chi connectivity index (χ3v) is 4.70. The molecule has 0 bridgehead atoms. The van der Waals surface area contributed by atoms with E-state index in [4.69, 9.17) is 21.7 Å². The Morgan fingerprint density at radius 1 is 1.03 bits per heavy atom. The van der Waals surface area contributed by atoms with Crippen LogP contribution in [0.25, 0.3) is 0 Å². The maximum atomic E-state index is 12.4. The summed E-state index contributed by atoms with van der Waals surface area (Å²) in [6.45, 7) is 8.39. The van der Waals surface area contributed by atoms with E-state index in [9.17, 15) is 9.59 Å². The maximum Gasteiger partial charge on any atom is 0.276 e. The molecule has 0 saturated carbocycles. The number of nitrogens with one attached hydrogen (secondary N) is 3. The number of ether oxygens (including phenoxy) is 2. The molecule has 2 amide bonds. The van der Waals surface area contributed by atoms with E-state index in [1.54, 1.807) is 18.2 Å². The molecule has 0 unspecified atom stereocenters. The van der Waals surface area contributed by atoms with Crippen molar-refractivity contribution in [1.29, 1.82) is 0 Å². The van der Waals surface area contributed by atoms with Crippen LogP contribution in [0.2, 0.25) is 0 Å². The lowest BCUT2D eigenvalue weighted by Crippen LogP contribution is -2.49. The Kier molecular flexibility index (Phi) is 9.26. The molecule has 0 aliphatic rings. The number of halogens is 1. The van der Waals surface area contributed by atoms with Gasteiger partial charge in [-0.2, -0.15) is 0 Å². The van der Waals surface area contributed by atoms with E-state index < -0.39 is 11.8 Å². The number of rotatable bonds is 7. The van der Waals surface area contributed by atoms with Crippen molar-refractivity contribution in [3.63, 3.8) is 0 Å². The molecular weight excluding hydrogens is 482 g/mol. The Hall–Kier alpha value is -2.65. The number of carbonyl (C=O) groups is 2. The maximum absolute atomic E-state index is 12.4. The first-order chi connectivity index (χ1) is 14.6. The van der Waals surface area contributed by atoms with Gasteiger partial charge in [-0.25, -0.2) is 0 Å². The van der Waals surface area contributed by atoms with Crippen molar-refractivity contribution in [1.82, 2.24) is 16.2 Å². The monoisotopic (exact) mass is 507 g/mol. The summed E-state index contributed by atoms with van der Waals surface area (Å²) in [4.78, 5) is 24.3. The van der Waals surface area contributed by atoms with Crippen LogP contribution in [0.4, 0.5) is 0 Å². The number of carbonyl (C=O) groups excluding carboxylic acids is 2. The van der Waals surface area contributed by atoms with Crippen molar-refractivity contribution >= 4 is 45.1 Å². The first kappa shape index (κ1) is 24.6. The SMILES string of the molecule is Cc1cc(C)cc(OCC(=O)NNC(=S)NC(=O)c2ccc(OCC(C)C)c(Br)c2)c1. The fourth-order valence-corrected chi connectivity index (χ4v) is 3.19. The molecule has 2 aromatic rings. The molecule has 2 aromatic carbocycles. The van der Waals surface area contributed by atoms with E-state index in [0.29, 0.717) is 34.1 Å². The molecule has 9 heteroatoms. The van der Waals surface area contributed by atoms with Gasteiger partial charge in [0.2, 0.25) is 0 Å². The average Bonchev–Trinajstić information content (AvgIpc) is 2.69. The standard InChI is InChI=1S/C22H26BrN3O4S/c1-13(2)11-30-19-6-5-16(10-18(19)23)21(28)24-22(31)26-25-20(27)12-29-17-8-14(3)7-15(4)9-17/h5-10,13H,11-12H2,1-4H3,(H,25,27)(H2,24,26,28,31). The molecule has 0 spiro atoms. The molecule has 0 aliphatic heterocycles. The van der Waals surface area contributed by atoms with Crippen molar-refractivity contribution in [2.45, 2.75) is 27.7 Å². The lowest BCUT2D eigenvalue weighted by atomic mass is 10.1. The van der Waals surface area contributed by atoms with E-state index in [1.807, 2.05) is 32.0 Å². The second kappa shape index (κ2) is 11.7. The molecule has 0 aliphatic carbocycles. The zero-order valence-electron chi connectivity index (χ0n) is 17.9. The van der Waals surface area contributed by atoms with Crippen molar-refractivity contribution in [2.24, 2.45) is 5.92 Å². The van der Waals surface area contributed by atoms with Gasteiger partial charge >= 0.3 is 0 Å². The highest BCUT2D eigenvalue weighted by Crippen LogP contribution is 2.26. The Morgan fingerprint density at radius 3 is 2.32 bits per heavy atom. The average molecular weight is 508 g/mol. The molecule has 3 N–H and O–H groups in total. The van der Waals surface area contributed by atoms with Crippen LogP contribution in [-0.2, 0) is 4.79 Å². The Balaban J connectivity index is 1.79. The van der Waals surface area contributed by atoms with E-state index in [1.165, 1.54) is 0 Å². The van der Waals surface area contributed by atoms with Crippen LogP contribution >= 0.6 is 28.1 Å². The van der Waals surface area contributed by atoms with Gasteiger partial charge in [-0.3, -0.25) is 25.8 Å². The number of aryl methyl sites for hydroxylation is 2. The van der Waals surface area contributed by atoms with Crippen LogP contribution in [0.3, 0.4) is 0 Å². The molecule has 0 aromatic heterocycles. The Bertz CT molecular complexity index is 946. The predicted octanol–water partition coefficient (Wildman–Crippen LogP) is 3.82. The van der Waals surface area contributed by atoms with E-state index in [-0.39, 0.29) is 11.7 Å². The van der Waals surface area contributed by atoms with Crippen LogP contribution in [0.15, 0.2) is 40.9 Å². The third-order valence-electron chi connectivity index (χ3n) is 3.87. The van der Waals surface area contributed by atoms with Gasteiger partial charge in [-0.1, -0.05) is 19.9 Å². The highest BCUT2D eigenvalue weighted by Gasteiger charge is 2.12. The molecule has 31 heavy (non-hydrogen) atoms. The quantitative estimate of drug-likeness (QED) is 0.390. The normalized spacial score (nSPS) is 10.4. The molecule has 2 rings (SSSR count). The molecule has 0 radical (unpaired) electrons. The van der Waals surface area contributed by atoms with Crippen LogP contribution in [0, 0.1) is 19.8 Å². The number of thiocarbonyl (C=S) groups is 1. The number of hydrazine groups is 1. The summed E-state index contributed by atoms with van der Waals surface area (Å²) < 4.78 is 11.8. The summed E-state index contributed by atoms with van der Waals surface area (Å²) >= 11 is 8.46. The van der Waals surface area contributed by atoms with Gasteiger partial charge in [-0.15, -0.1) is 0 Å². The molecule has 0 atom stereocenters. The lowest BCUT2D eigenvalue weighted by molar-refractivity contribution is -0.123. The molecular formula is C22H26BrN3O4S. The first-order valence-electron chi connectivity index (χ1n) is 9.67. The van der Waals surface area contributed by atoms with E-state index in [2.05, 4.69) is 45.9 Å². The van der Waals surface area contributed by atoms with Gasteiger partial charge in [0.1, 0.15) is 11.5 Å². The molecule has 0 heterocycles. The van der Waals surface area contributed by atoms with Crippen molar-refractivity contribution in [3.05, 3.63) is 57.6 Å². The van der Waals surface area contributed by atoms with Gasteiger partial charge in [-0.05, 0) is 89.4 Å². The highest BCUT2D eigenvalue weighted by atomic mass is 79.9. The smallest absolute Gasteiger partial charge is 0.276 e. The van der Waals surface area contributed by atoms with Crippen molar-refractivity contribution < 1.29 is 19.1 Å². The summed E-state index contributed by atoms with van der Waals surface area (Å²) in [6.07, 6.45) is 0. The van der Waals surface area contributed by atoms with Crippen LogP contribution in [-0.4, -0.2) is 30.1 Å². The topological polar surface area (TPSA) is 88.7 Å². The number of hydrogen-bond acceptors (Lipinski definition) is 5. The van der Waals surface area contributed by atoms with Gasteiger partial charge in [0.15, 0.2) is 11.7 Å². The first-order valence-corrected chi connectivity index (χ1v) is 10.9. The minimum Gasteiger partial charge on any atom is -0.492 e. The summed E-state index contributed by atoms with van der Waals surface area (Å²) in [6, 6.07) is 10.7. The molecule has 0 saturated heterocycles. The fraction of sp³-hybridized carbons (Fsp3) is 0.318. The van der Waals surface area contributed by atoms with E-state index in [0.717, 1.165) is 11.1 Å². The molecule has 7 nitrogen and oxygen atoms in total. The van der Waals surface area contributed by atoms with Gasteiger partial charge in [0, 0.05) is 5.56 Å². The lowest BCUT2D eigenvalue weighted by Gasteiger charge is -2.13. The van der Waals surface area contributed by atoms with Crippen molar-refractivity contribution in [2.75, 3.05) is 13.2 Å². The number of amides is 2.